The van der Waals surface area contributed by atoms with E-state index in [9.17, 15) is 4.79 Å². The average molecular weight is 309 g/mol. The highest BCUT2D eigenvalue weighted by molar-refractivity contribution is 5.76. The Kier molecular flexibility index (Phi) is 4.73. The second-order valence-corrected chi connectivity index (χ2v) is 6.05. The van der Waals surface area contributed by atoms with Gasteiger partial charge in [0.1, 0.15) is 0 Å². The average Bonchev–Trinajstić information content (AvgIpc) is 3.13. The number of hydrogen-bond acceptors (Lipinski definition) is 6. The fourth-order valence-electron chi connectivity index (χ4n) is 3.21. The van der Waals surface area contributed by atoms with E-state index in [0.717, 1.165) is 32.3 Å². The number of aromatic nitrogens is 2. The van der Waals surface area contributed by atoms with Crippen LogP contribution < -0.4 is 0 Å². The van der Waals surface area contributed by atoms with Crippen molar-refractivity contribution in [2.45, 2.75) is 50.7 Å². The number of amides is 1. The number of carbonyl (C=O) groups is 1. The first-order chi connectivity index (χ1) is 10.7. The van der Waals surface area contributed by atoms with E-state index in [0.29, 0.717) is 44.3 Å². The third kappa shape index (κ3) is 3.47. The van der Waals surface area contributed by atoms with Crippen LogP contribution in [0.3, 0.4) is 0 Å². The fourth-order valence-corrected chi connectivity index (χ4v) is 3.21. The van der Waals surface area contributed by atoms with Crippen LogP contribution >= 0.6 is 0 Å². The van der Waals surface area contributed by atoms with E-state index in [1.807, 2.05) is 4.90 Å². The van der Waals surface area contributed by atoms with Crippen LogP contribution in [0.15, 0.2) is 4.52 Å². The predicted molar refractivity (Wildman–Crippen MR) is 77.1 cm³/mol. The standard InChI is InChI=1S/C15H23N3O4/c1-20-10-4-12-16-13(22-17-12)11-18-8-7-15(5-2-9-21-15)6-3-14(18)19/h2-11H2,1H3. The van der Waals surface area contributed by atoms with E-state index in [1.165, 1.54) is 0 Å². The molecule has 0 radical (unpaired) electrons. The highest BCUT2D eigenvalue weighted by atomic mass is 16.5. The number of carbonyl (C=O) groups excluding carboxylic acids is 1. The highest BCUT2D eigenvalue weighted by Gasteiger charge is 2.38. The molecule has 7 heteroatoms. The molecule has 2 aliphatic rings. The molecule has 3 rings (SSSR count). The van der Waals surface area contributed by atoms with Crippen molar-refractivity contribution in [2.24, 2.45) is 0 Å². The highest BCUT2D eigenvalue weighted by Crippen LogP contribution is 2.36. The number of methoxy groups -OCH3 is 1. The lowest BCUT2D eigenvalue weighted by Crippen LogP contribution is -2.32. The number of rotatable bonds is 5. The first-order valence-electron chi connectivity index (χ1n) is 7.93. The van der Waals surface area contributed by atoms with Crippen LogP contribution in [0.25, 0.3) is 0 Å². The summed E-state index contributed by atoms with van der Waals surface area (Å²) in [4.78, 5) is 18.4. The molecule has 122 valence electrons. The molecule has 2 saturated heterocycles. The summed E-state index contributed by atoms with van der Waals surface area (Å²) in [6.07, 6.45) is 5.03. The molecule has 0 bridgehead atoms. The lowest BCUT2D eigenvalue weighted by Gasteiger charge is -2.26. The Morgan fingerprint density at radius 3 is 3.05 bits per heavy atom. The summed E-state index contributed by atoms with van der Waals surface area (Å²) in [5.41, 5.74) is -0.0805. The summed E-state index contributed by atoms with van der Waals surface area (Å²) in [7, 11) is 1.64. The maximum Gasteiger partial charge on any atom is 0.246 e. The molecular formula is C15H23N3O4. The molecule has 0 aromatic carbocycles. The lowest BCUT2D eigenvalue weighted by molar-refractivity contribution is -0.131. The van der Waals surface area contributed by atoms with Gasteiger partial charge in [-0.3, -0.25) is 4.79 Å². The van der Waals surface area contributed by atoms with Crippen molar-refractivity contribution in [3.8, 4) is 0 Å². The van der Waals surface area contributed by atoms with Gasteiger partial charge < -0.3 is 18.9 Å². The third-order valence-corrected chi connectivity index (χ3v) is 4.54. The zero-order chi connectivity index (χ0) is 15.4. The molecule has 1 amide bonds. The Morgan fingerprint density at radius 2 is 2.27 bits per heavy atom. The van der Waals surface area contributed by atoms with E-state index in [1.54, 1.807) is 7.11 Å². The second kappa shape index (κ2) is 6.75. The molecule has 1 aromatic heterocycles. The molecule has 0 aliphatic carbocycles. The van der Waals surface area contributed by atoms with Gasteiger partial charge in [0.15, 0.2) is 5.82 Å². The number of nitrogens with zero attached hydrogens (tertiary/aromatic N) is 3. The Labute approximate surface area is 129 Å². The molecular weight excluding hydrogens is 286 g/mol. The van der Waals surface area contributed by atoms with Gasteiger partial charge in [-0.2, -0.15) is 4.98 Å². The summed E-state index contributed by atoms with van der Waals surface area (Å²) in [6.45, 7) is 2.45. The summed E-state index contributed by atoms with van der Waals surface area (Å²) < 4.78 is 16.1. The molecule has 1 atom stereocenters. The Hall–Kier alpha value is -1.47. The van der Waals surface area contributed by atoms with Gasteiger partial charge >= 0.3 is 0 Å². The molecule has 22 heavy (non-hydrogen) atoms. The number of likely N-dealkylation sites (tertiary alicyclic amines) is 1. The van der Waals surface area contributed by atoms with Gasteiger partial charge in [-0.05, 0) is 25.7 Å². The van der Waals surface area contributed by atoms with Crippen LogP contribution in [0.1, 0.15) is 43.8 Å². The summed E-state index contributed by atoms with van der Waals surface area (Å²) >= 11 is 0. The van der Waals surface area contributed by atoms with Gasteiger partial charge in [0, 0.05) is 33.1 Å². The van der Waals surface area contributed by atoms with Crippen molar-refractivity contribution < 1.29 is 18.8 Å². The number of hydrogen-bond donors (Lipinski definition) is 0. The molecule has 0 N–H and O–H groups in total. The minimum Gasteiger partial charge on any atom is -0.384 e. The van der Waals surface area contributed by atoms with Gasteiger partial charge in [0.2, 0.25) is 11.8 Å². The van der Waals surface area contributed by atoms with E-state index in [-0.39, 0.29) is 11.5 Å². The van der Waals surface area contributed by atoms with E-state index in [4.69, 9.17) is 14.0 Å². The van der Waals surface area contributed by atoms with Gasteiger partial charge in [-0.15, -0.1) is 0 Å². The van der Waals surface area contributed by atoms with Crippen LogP contribution in [0.2, 0.25) is 0 Å². The van der Waals surface area contributed by atoms with E-state index in [2.05, 4.69) is 10.1 Å². The first-order valence-corrected chi connectivity index (χ1v) is 7.93. The smallest absolute Gasteiger partial charge is 0.246 e. The topological polar surface area (TPSA) is 77.7 Å². The lowest BCUT2D eigenvalue weighted by atomic mass is 9.92. The maximum atomic E-state index is 12.3. The van der Waals surface area contributed by atoms with Gasteiger partial charge in [0.25, 0.3) is 0 Å². The fraction of sp³-hybridized carbons (Fsp3) is 0.800. The van der Waals surface area contributed by atoms with E-state index >= 15 is 0 Å². The number of ether oxygens (including phenoxy) is 2. The maximum absolute atomic E-state index is 12.3. The second-order valence-electron chi connectivity index (χ2n) is 6.05. The van der Waals surface area contributed by atoms with Crippen molar-refractivity contribution in [1.82, 2.24) is 15.0 Å². The summed E-state index contributed by atoms with van der Waals surface area (Å²) in [5, 5.41) is 3.91. The molecule has 1 spiro atoms. The predicted octanol–water partition coefficient (Wildman–Crippen LogP) is 1.32. The normalized spacial score (nSPS) is 25.9. The zero-order valence-corrected chi connectivity index (χ0v) is 13.0. The monoisotopic (exact) mass is 309 g/mol. The Morgan fingerprint density at radius 1 is 1.36 bits per heavy atom. The molecule has 2 aliphatic heterocycles. The summed E-state index contributed by atoms with van der Waals surface area (Å²) in [5.74, 6) is 1.25. The molecule has 0 saturated carbocycles. The quantitative estimate of drug-likeness (QED) is 0.816. The Balaban J connectivity index is 1.59. The van der Waals surface area contributed by atoms with Crippen LogP contribution in [0, 0.1) is 0 Å². The third-order valence-electron chi connectivity index (χ3n) is 4.54. The van der Waals surface area contributed by atoms with Crippen molar-refractivity contribution in [3.05, 3.63) is 11.7 Å². The van der Waals surface area contributed by atoms with E-state index < -0.39 is 0 Å². The van der Waals surface area contributed by atoms with Gasteiger partial charge in [0.05, 0.1) is 18.8 Å². The van der Waals surface area contributed by atoms with Crippen molar-refractivity contribution >= 4 is 5.91 Å². The largest absolute Gasteiger partial charge is 0.384 e. The van der Waals surface area contributed by atoms with Gasteiger partial charge in [-0.1, -0.05) is 5.16 Å². The molecule has 2 fully saturated rings. The van der Waals surface area contributed by atoms with Crippen LogP contribution in [-0.2, 0) is 27.2 Å². The zero-order valence-electron chi connectivity index (χ0n) is 13.0. The van der Waals surface area contributed by atoms with Gasteiger partial charge in [-0.25, -0.2) is 0 Å². The summed E-state index contributed by atoms with van der Waals surface area (Å²) in [6, 6.07) is 0. The molecule has 7 nitrogen and oxygen atoms in total. The molecule has 3 heterocycles. The SMILES string of the molecule is COCCc1noc(CN2CCC3(CCCO3)CCC2=O)n1. The van der Waals surface area contributed by atoms with Crippen LogP contribution in [0.5, 0.6) is 0 Å². The molecule has 1 aromatic rings. The van der Waals surface area contributed by atoms with Crippen molar-refractivity contribution in [2.75, 3.05) is 26.9 Å². The first kappa shape index (κ1) is 15.4. The molecule has 1 unspecified atom stereocenters. The van der Waals surface area contributed by atoms with Crippen molar-refractivity contribution in [3.63, 3.8) is 0 Å². The minimum atomic E-state index is -0.0805. The van der Waals surface area contributed by atoms with Crippen molar-refractivity contribution in [1.29, 1.82) is 0 Å². The Bertz CT molecular complexity index is 511. The van der Waals surface area contributed by atoms with Crippen LogP contribution in [-0.4, -0.2) is 53.4 Å². The van der Waals surface area contributed by atoms with Crippen LogP contribution in [0.4, 0.5) is 0 Å². The minimum absolute atomic E-state index is 0.0805.